The van der Waals surface area contributed by atoms with Crippen LogP contribution in [0.2, 0.25) is 0 Å². The van der Waals surface area contributed by atoms with E-state index in [1.807, 2.05) is 0 Å². The van der Waals surface area contributed by atoms with E-state index in [0.29, 0.717) is 22.7 Å². The van der Waals surface area contributed by atoms with Gasteiger partial charge in [-0.05, 0) is 59.7 Å². The van der Waals surface area contributed by atoms with Crippen molar-refractivity contribution in [3.8, 4) is 0 Å². The minimum Gasteiger partial charge on any atom is -0.389 e. The van der Waals surface area contributed by atoms with Crippen LogP contribution in [0.1, 0.15) is 47.0 Å². The van der Waals surface area contributed by atoms with Gasteiger partial charge in [-0.15, -0.1) is 0 Å². The molecule has 0 aromatic carbocycles. The topological polar surface area (TPSA) is 20.2 Å². The molecule has 7 atom stereocenters. The highest BCUT2D eigenvalue weighted by atomic mass is 16.3. The van der Waals surface area contributed by atoms with Crippen LogP contribution in [0.4, 0.5) is 0 Å². The van der Waals surface area contributed by atoms with E-state index >= 15 is 0 Å². The Morgan fingerprint density at radius 2 is 1.75 bits per heavy atom. The van der Waals surface area contributed by atoms with Gasteiger partial charge in [0.2, 0.25) is 0 Å². The van der Waals surface area contributed by atoms with Crippen molar-refractivity contribution >= 4 is 0 Å². The molecule has 5 fully saturated rings. The second kappa shape index (κ2) is 2.25. The molecule has 0 unspecified atom stereocenters. The summed E-state index contributed by atoms with van der Waals surface area (Å²) in [5, 5.41) is 11.1. The van der Waals surface area contributed by atoms with Gasteiger partial charge >= 0.3 is 0 Å². The molecule has 1 N–H and O–H groups in total. The van der Waals surface area contributed by atoms with Crippen LogP contribution in [0.15, 0.2) is 0 Å². The van der Waals surface area contributed by atoms with Gasteiger partial charge in [0.25, 0.3) is 0 Å². The molecule has 1 nitrogen and oxygen atoms in total. The summed E-state index contributed by atoms with van der Waals surface area (Å²) in [5.74, 6) is 3.76. The highest BCUT2D eigenvalue weighted by Gasteiger charge is 2.88. The maximum Gasteiger partial charge on any atom is 0.0704 e. The molecule has 5 aliphatic rings. The lowest BCUT2D eigenvalue weighted by atomic mass is 9.59. The molecule has 5 aliphatic carbocycles. The molecule has 1 heteroatoms. The largest absolute Gasteiger partial charge is 0.389 e. The van der Waals surface area contributed by atoms with Gasteiger partial charge in [0.15, 0.2) is 0 Å². The average Bonchev–Trinajstić information content (AvgIpc) is 2.58. The van der Waals surface area contributed by atoms with Crippen molar-refractivity contribution in [1.82, 2.24) is 0 Å². The second-order valence-corrected chi connectivity index (χ2v) is 7.85. The van der Waals surface area contributed by atoms with E-state index in [2.05, 4.69) is 27.7 Å². The molecular weight excluding hydrogens is 196 g/mol. The first-order valence-corrected chi connectivity index (χ1v) is 7.10. The predicted molar refractivity (Wildman–Crippen MR) is 63.8 cm³/mol. The van der Waals surface area contributed by atoms with Gasteiger partial charge < -0.3 is 5.11 Å². The van der Waals surface area contributed by atoms with E-state index in [1.54, 1.807) is 0 Å². The van der Waals surface area contributed by atoms with Gasteiger partial charge in [0, 0.05) is 0 Å². The zero-order valence-electron chi connectivity index (χ0n) is 11.0. The molecule has 0 spiro atoms. The van der Waals surface area contributed by atoms with Crippen LogP contribution in [0.25, 0.3) is 0 Å². The maximum atomic E-state index is 11.1. The fraction of sp³-hybridized carbons (Fsp3) is 1.00. The third-order valence-corrected chi connectivity index (χ3v) is 7.79. The van der Waals surface area contributed by atoms with Gasteiger partial charge in [-0.2, -0.15) is 0 Å². The Labute approximate surface area is 98.6 Å². The highest BCUT2D eigenvalue weighted by molar-refractivity contribution is 5.36. The predicted octanol–water partition coefficient (Wildman–Crippen LogP) is 3.08. The smallest absolute Gasteiger partial charge is 0.0704 e. The Morgan fingerprint density at radius 1 is 1.06 bits per heavy atom. The van der Waals surface area contributed by atoms with Crippen LogP contribution in [0.3, 0.4) is 0 Å². The summed E-state index contributed by atoms with van der Waals surface area (Å²) >= 11 is 0. The zero-order chi connectivity index (χ0) is 11.5. The average molecular weight is 220 g/mol. The van der Waals surface area contributed by atoms with Crippen molar-refractivity contribution in [2.45, 2.75) is 52.6 Å². The van der Waals surface area contributed by atoms with E-state index in [9.17, 15) is 5.11 Å². The van der Waals surface area contributed by atoms with Crippen LogP contribution < -0.4 is 0 Å². The molecule has 16 heavy (non-hydrogen) atoms. The zero-order valence-corrected chi connectivity index (χ0v) is 11.0. The van der Waals surface area contributed by atoms with Crippen LogP contribution >= 0.6 is 0 Å². The maximum absolute atomic E-state index is 11.1. The fourth-order valence-electron chi connectivity index (χ4n) is 6.60. The molecule has 0 radical (unpaired) electrons. The molecule has 0 heterocycles. The quantitative estimate of drug-likeness (QED) is 0.720. The number of hydrogen-bond donors (Lipinski definition) is 1. The standard InChI is InChI=1S/C15H24O/c1-8(2)15(16)6-5-13(3)9-7-10-11(12(9)15)14(10,13)4/h8-12,16H,5-7H2,1-4H3/t9-,10-,11+,12-,13-,14+,15-/m1/s1. The first-order valence-electron chi connectivity index (χ1n) is 7.10. The van der Waals surface area contributed by atoms with Crippen molar-refractivity contribution in [1.29, 1.82) is 0 Å². The number of aliphatic hydroxyl groups is 1. The minimum absolute atomic E-state index is 0.335. The summed E-state index contributed by atoms with van der Waals surface area (Å²) in [5.41, 5.74) is 0.855. The molecule has 5 saturated carbocycles. The van der Waals surface area contributed by atoms with E-state index in [0.717, 1.165) is 24.2 Å². The first kappa shape index (κ1) is 9.94. The summed E-state index contributed by atoms with van der Waals surface area (Å²) in [6.45, 7) is 9.49. The third-order valence-electron chi connectivity index (χ3n) is 7.79. The minimum atomic E-state index is -0.335. The summed E-state index contributed by atoms with van der Waals surface area (Å²) in [6.07, 6.45) is 3.75. The van der Waals surface area contributed by atoms with E-state index < -0.39 is 0 Å². The summed E-state index contributed by atoms with van der Waals surface area (Å²) in [4.78, 5) is 0. The SMILES string of the molecule is CC(C)[C@]1(O)CC[C@]2(C)[C@@H]3C[C@@H]4[C@@H]([C@@H]31)[C@]42C. The van der Waals surface area contributed by atoms with Crippen molar-refractivity contribution in [3.63, 3.8) is 0 Å². The van der Waals surface area contributed by atoms with E-state index in [4.69, 9.17) is 0 Å². The van der Waals surface area contributed by atoms with Crippen molar-refractivity contribution in [2.24, 2.45) is 40.4 Å². The van der Waals surface area contributed by atoms with Gasteiger partial charge in [0.1, 0.15) is 0 Å². The van der Waals surface area contributed by atoms with E-state index in [-0.39, 0.29) is 5.60 Å². The molecule has 6 bridgehead atoms. The Morgan fingerprint density at radius 3 is 2.31 bits per heavy atom. The van der Waals surface area contributed by atoms with Crippen molar-refractivity contribution in [2.75, 3.05) is 0 Å². The van der Waals surface area contributed by atoms with Crippen LogP contribution in [-0.2, 0) is 0 Å². The Bertz CT molecular complexity index is 376. The molecule has 5 rings (SSSR count). The van der Waals surface area contributed by atoms with Crippen LogP contribution in [0.5, 0.6) is 0 Å². The molecular formula is C15H24O. The monoisotopic (exact) mass is 220 g/mol. The number of rotatable bonds is 1. The summed E-state index contributed by atoms with van der Waals surface area (Å²) in [7, 11) is 0. The number of hydrogen-bond acceptors (Lipinski definition) is 1. The molecule has 90 valence electrons. The molecule has 0 aliphatic heterocycles. The van der Waals surface area contributed by atoms with E-state index in [1.165, 1.54) is 12.8 Å². The Balaban J connectivity index is 1.84. The van der Waals surface area contributed by atoms with Gasteiger partial charge in [-0.1, -0.05) is 27.7 Å². The van der Waals surface area contributed by atoms with Crippen LogP contribution in [0, 0.1) is 40.4 Å². The Hall–Kier alpha value is -0.0400. The third kappa shape index (κ3) is 0.652. The molecule has 0 amide bonds. The lowest BCUT2D eigenvalue weighted by Crippen LogP contribution is -2.50. The first-order chi connectivity index (χ1) is 7.37. The van der Waals surface area contributed by atoms with Crippen LogP contribution in [-0.4, -0.2) is 10.7 Å². The van der Waals surface area contributed by atoms with Crippen molar-refractivity contribution < 1.29 is 5.11 Å². The molecule has 0 saturated heterocycles. The van der Waals surface area contributed by atoms with Gasteiger partial charge in [0.05, 0.1) is 5.60 Å². The summed E-state index contributed by atoms with van der Waals surface area (Å²) < 4.78 is 0. The fourth-order valence-corrected chi connectivity index (χ4v) is 6.60. The summed E-state index contributed by atoms with van der Waals surface area (Å²) in [6, 6.07) is 0. The van der Waals surface area contributed by atoms with Gasteiger partial charge in [-0.3, -0.25) is 0 Å². The molecule has 0 aromatic rings. The molecule has 0 aromatic heterocycles. The normalized spacial score (nSPS) is 70.1. The van der Waals surface area contributed by atoms with Gasteiger partial charge in [-0.25, -0.2) is 0 Å². The van der Waals surface area contributed by atoms with Crippen molar-refractivity contribution in [3.05, 3.63) is 0 Å². The lowest BCUT2D eigenvalue weighted by molar-refractivity contribution is -0.118. The second-order valence-electron chi connectivity index (χ2n) is 7.85. The highest BCUT2D eigenvalue weighted by Crippen LogP contribution is 2.92. The Kier molecular flexibility index (Phi) is 1.40. The lowest BCUT2D eigenvalue weighted by Gasteiger charge is -2.49.